The van der Waals surface area contributed by atoms with Crippen molar-refractivity contribution < 1.29 is 42.4 Å². The minimum atomic E-state index is -4.29. The van der Waals surface area contributed by atoms with E-state index in [2.05, 4.69) is 67.7 Å². The molecule has 0 rings (SSSR count). The Labute approximate surface area is 343 Å². The van der Waals surface area contributed by atoms with Gasteiger partial charge in [0.1, 0.15) is 19.8 Å². The van der Waals surface area contributed by atoms with Gasteiger partial charge in [0.25, 0.3) is 0 Å². The van der Waals surface area contributed by atoms with Crippen molar-refractivity contribution in [2.24, 2.45) is 0 Å². The first-order valence-corrected chi connectivity index (χ1v) is 23.3. The topological polar surface area (TPSA) is 112 Å². The van der Waals surface area contributed by atoms with Gasteiger partial charge >= 0.3 is 13.8 Å². The van der Waals surface area contributed by atoms with Crippen molar-refractivity contribution in [1.82, 2.24) is 0 Å². The first-order valence-electron chi connectivity index (χ1n) is 21.8. The van der Waals surface area contributed by atoms with Crippen LogP contribution in [0.3, 0.4) is 0 Å². The second-order valence-electron chi connectivity index (χ2n) is 15.7. The van der Waals surface area contributed by atoms with Crippen LogP contribution in [0.5, 0.6) is 0 Å². The SMILES string of the molecule is CCCCCC/C=C\CCCCCCCC/C=C/O[C@H](COC(=O)CCC/C=C\C/C=C\C/C=C\C/C=C\CCC[C@@H](C)O)COP(=O)(O)OCC[N+](C)(C)C. The van der Waals surface area contributed by atoms with Crippen molar-refractivity contribution in [1.29, 1.82) is 0 Å². The smallest absolute Gasteiger partial charge is 0.472 e. The number of ether oxygens (including phenoxy) is 2. The maximum Gasteiger partial charge on any atom is 0.472 e. The molecule has 0 aromatic rings. The molecule has 10 heteroatoms. The number of esters is 1. The zero-order chi connectivity index (χ0) is 41.4. The second kappa shape index (κ2) is 38.3. The van der Waals surface area contributed by atoms with Crippen LogP contribution in [-0.2, 0) is 27.9 Å². The summed E-state index contributed by atoms with van der Waals surface area (Å²) >= 11 is 0. The number of allylic oxidation sites excluding steroid dienone is 11. The Kier molecular flexibility index (Phi) is 36.7. The summed E-state index contributed by atoms with van der Waals surface area (Å²) in [4.78, 5) is 22.6. The van der Waals surface area contributed by atoms with Crippen molar-refractivity contribution in [2.45, 2.75) is 167 Å². The van der Waals surface area contributed by atoms with Crippen molar-refractivity contribution >= 4 is 13.8 Å². The zero-order valence-corrected chi connectivity index (χ0v) is 37.1. The summed E-state index contributed by atoms with van der Waals surface area (Å²) in [6, 6.07) is 0. The lowest BCUT2D eigenvalue weighted by Gasteiger charge is -2.24. The fourth-order valence-corrected chi connectivity index (χ4v) is 6.11. The number of phosphoric ester groups is 1. The van der Waals surface area contributed by atoms with Crippen LogP contribution in [0.15, 0.2) is 73.1 Å². The van der Waals surface area contributed by atoms with Crippen LogP contribution in [0.1, 0.15) is 155 Å². The highest BCUT2D eigenvalue weighted by atomic mass is 31.2. The number of rotatable bonds is 39. The summed E-state index contributed by atoms with van der Waals surface area (Å²) in [5, 5.41) is 9.27. The highest BCUT2D eigenvalue weighted by molar-refractivity contribution is 7.47. The number of aliphatic hydroxyl groups excluding tert-OH is 1. The number of unbranched alkanes of at least 4 members (excludes halogenated alkanes) is 13. The van der Waals surface area contributed by atoms with Crippen molar-refractivity contribution in [3.8, 4) is 0 Å². The van der Waals surface area contributed by atoms with Crippen LogP contribution in [0.2, 0.25) is 0 Å². The quantitative estimate of drug-likeness (QED) is 0.0158. The highest BCUT2D eigenvalue weighted by Gasteiger charge is 2.25. The van der Waals surface area contributed by atoms with Gasteiger partial charge in [-0.25, -0.2) is 4.57 Å². The molecule has 0 radical (unpaired) electrons. The molecule has 9 nitrogen and oxygen atoms in total. The monoisotopic (exact) mass is 809 g/mol. The standard InChI is InChI=1S/C46H82NO8P/c1-6-7-8-9-10-11-12-13-14-18-21-24-27-30-33-36-40-52-45(43-55-56(50,51)54-41-39-47(3,4)5)42-53-46(49)38-35-32-29-26-23-20-17-15-16-19-22-25-28-31-34-37-44(2)48/h11-12,16-17,19-20,25-26,28-29,36,40,44-45,48H,6-10,13-15,18,21-24,27,30-35,37-39,41-43H2,1-5H3/p+1/b12-11-,19-16-,20-17-,28-25-,29-26-,40-36+/t44-,45-/m1/s1. The third-order valence-corrected chi connectivity index (χ3v) is 9.83. The Morgan fingerprint density at radius 2 is 1.12 bits per heavy atom. The Balaban J connectivity index is 4.41. The summed E-state index contributed by atoms with van der Waals surface area (Å²) in [6.45, 7) is 4.35. The fraction of sp³-hybridized carbons (Fsp3) is 0.717. The van der Waals surface area contributed by atoms with E-state index in [1.807, 2.05) is 34.1 Å². The molecular weight excluding hydrogens is 725 g/mol. The molecule has 3 atom stereocenters. The Morgan fingerprint density at radius 1 is 0.643 bits per heavy atom. The van der Waals surface area contributed by atoms with Gasteiger partial charge in [0.05, 0.1) is 40.1 Å². The van der Waals surface area contributed by atoms with Gasteiger partial charge in [-0.05, 0) is 103 Å². The molecule has 1 unspecified atom stereocenters. The summed E-state index contributed by atoms with van der Waals surface area (Å²) in [5.41, 5.74) is 0. The molecule has 0 saturated heterocycles. The summed E-state index contributed by atoms with van der Waals surface area (Å²) in [5.74, 6) is -0.345. The highest BCUT2D eigenvalue weighted by Crippen LogP contribution is 2.43. The number of phosphoric acid groups is 1. The summed E-state index contributed by atoms with van der Waals surface area (Å²) in [7, 11) is 1.61. The number of nitrogens with zero attached hydrogens (tertiary/aromatic N) is 1. The van der Waals surface area contributed by atoms with Gasteiger partial charge in [-0.1, -0.05) is 113 Å². The molecule has 0 saturated carbocycles. The van der Waals surface area contributed by atoms with E-state index in [0.717, 1.165) is 64.2 Å². The average molecular weight is 809 g/mol. The molecule has 0 fully saturated rings. The van der Waals surface area contributed by atoms with E-state index >= 15 is 0 Å². The average Bonchev–Trinajstić information content (AvgIpc) is 3.14. The van der Waals surface area contributed by atoms with E-state index in [4.69, 9.17) is 18.5 Å². The predicted molar refractivity (Wildman–Crippen MR) is 234 cm³/mol. The van der Waals surface area contributed by atoms with Crippen molar-refractivity contribution in [3.05, 3.63) is 73.1 Å². The van der Waals surface area contributed by atoms with Crippen LogP contribution in [0, 0.1) is 0 Å². The van der Waals surface area contributed by atoms with Crippen molar-refractivity contribution in [2.75, 3.05) is 47.5 Å². The molecule has 0 aliphatic carbocycles. The molecule has 0 spiro atoms. The molecule has 2 N–H and O–H groups in total. The maximum absolute atomic E-state index is 12.5. The number of carbonyl (C=O) groups excluding carboxylic acids is 1. The summed E-state index contributed by atoms with van der Waals surface area (Å²) < 4.78 is 34.7. The molecular formula is C46H83NO8P+. The number of quaternary nitrogens is 1. The first kappa shape index (κ1) is 53.7. The van der Waals surface area contributed by atoms with E-state index in [1.165, 1.54) is 64.2 Å². The molecule has 0 heterocycles. The minimum Gasteiger partial charge on any atom is -0.492 e. The first-order chi connectivity index (χ1) is 26.9. The van der Waals surface area contributed by atoms with Gasteiger partial charge < -0.3 is 24.0 Å². The summed E-state index contributed by atoms with van der Waals surface area (Å²) in [6.07, 6.45) is 47.5. The number of hydrogen-bond donors (Lipinski definition) is 2. The van der Waals surface area contributed by atoms with Crippen LogP contribution >= 0.6 is 7.82 Å². The van der Waals surface area contributed by atoms with Crippen LogP contribution in [0.25, 0.3) is 0 Å². The number of carbonyl (C=O) groups is 1. The van der Waals surface area contributed by atoms with Gasteiger partial charge in [-0.3, -0.25) is 13.8 Å². The lowest BCUT2D eigenvalue weighted by atomic mass is 10.1. The molecule has 56 heavy (non-hydrogen) atoms. The Morgan fingerprint density at radius 3 is 1.68 bits per heavy atom. The van der Waals surface area contributed by atoms with Crippen LogP contribution in [-0.4, -0.2) is 80.2 Å². The molecule has 324 valence electrons. The molecule has 0 aliphatic heterocycles. The fourth-order valence-electron chi connectivity index (χ4n) is 5.36. The van der Waals surface area contributed by atoms with Crippen LogP contribution in [0.4, 0.5) is 0 Å². The Bertz CT molecular complexity index is 1140. The second-order valence-corrected chi connectivity index (χ2v) is 17.2. The van der Waals surface area contributed by atoms with E-state index in [0.29, 0.717) is 17.4 Å². The third-order valence-electron chi connectivity index (χ3n) is 8.85. The molecule has 0 bridgehead atoms. The third kappa shape index (κ3) is 42.9. The van der Waals surface area contributed by atoms with Gasteiger partial charge in [-0.15, -0.1) is 0 Å². The van der Waals surface area contributed by atoms with Crippen molar-refractivity contribution in [3.63, 3.8) is 0 Å². The molecule has 0 aromatic heterocycles. The van der Waals surface area contributed by atoms with Gasteiger partial charge in [0.15, 0.2) is 6.10 Å². The van der Waals surface area contributed by atoms with E-state index in [9.17, 15) is 19.4 Å². The molecule has 0 amide bonds. The number of aliphatic hydroxyl groups is 1. The van der Waals surface area contributed by atoms with Gasteiger partial charge in [0.2, 0.25) is 0 Å². The minimum absolute atomic E-state index is 0.0712. The van der Waals surface area contributed by atoms with E-state index < -0.39 is 13.9 Å². The predicted octanol–water partition coefficient (Wildman–Crippen LogP) is 12.0. The number of hydrogen-bond acceptors (Lipinski definition) is 7. The maximum atomic E-state index is 12.5. The Hall–Kier alpha value is -2.26. The van der Waals surface area contributed by atoms with Crippen LogP contribution < -0.4 is 0 Å². The largest absolute Gasteiger partial charge is 0.492 e. The normalized spacial score (nSPS) is 15.0. The van der Waals surface area contributed by atoms with E-state index in [1.54, 1.807) is 6.26 Å². The van der Waals surface area contributed by atoms with Gasteiger partial charge in [-0.2, -0.15) is 0 Å². The lowest BCUT2D eigenvalue weighted by molar-refractivity contribution is -0.870. The van der Waals surface area contributed by atoms with Gasteiger partial charge in [0, 0.05) is 6.42 Å². The molecule has 0 aromatic carbocycles. The van der Waals surface area contributed by atoms with E-state index in [-0.39, 0.29) is 38.3 Å². The molecule has 0 aliphatic rings. The zero-order valence-electron chi connectivity index (χ0n) is 36.2. The lowest BCUT2D eigenvalue weighted by Crippen LogP contribution is -2.37. The number of likely N-dealkylation sites (N-methyl/N-ethyl adjacent to an activating group) is 1.